The number of carboxylic acid groups (broad SMARTS) is 1. The number of nitriles is 1. The fraction of sp³-hybridized carbons (Fsp3) is 0.529. The molecule has 1 aliphatic carbocycles. The van der Waals surface area contributed by atoms with Crippen LogP contribution >= 0.6 is 0 Å². The third kappa shape index (κ3) is 3.84. The van der Waals surface area contributed by atoms with Crippen LogP contribution in [-0.2, 0) is 4.79 Å². The highest BCUT2D eigenvalue weighted by molar-refractivity contribution is 5.68. The molecule has 2 rings (SSSR count). The van der Waals surface area contributed by atoms with Crippen molar-refractivity contribution in [3.05, 3.63) is 35.4 Å². The quantitative estimate of drug-likeness (QED) is 0.834. The van der Waals surface area contributed by atoms with Crippen LogP contribution in [0.3, 0.4) is 0 Å². The van der Waals surface area contributed by atoms with E-state index < -0.39 is 11.9 Å². The number of hydrogen-bond donors (Lipinski definition) is 1. The van der Waals surface area contributed by atoms with E-state index in [2.05, 4.69) is 18.2 Å². The minimum atomic E-state index is -0.926. The zero-order valence-electron chi connectivity index (χ0n) is 11.7. The number of hydrogen-bond acceptors (Lipinski definition) is 2. The second-order valence-electron chi connectivity index (χ2n) is 5.63. The lowest BCUT2D eigenvalue weighted by atomic mass is 9.89. The van der Waals surface area contributed by atoms with Crippen molar-refractivity contribution in [3.8, 4) is 6.07 Å². The van der Waals surface area contributed by atoms with Crippen LogP contribution in [0.15, 0.2) is 24.3 Å². The van der Waals surface area contributed by atoms with Gasteiger partial charge in [0.1, 0.15) is 0 Å². The maximum Gasteiger partial charge on any atom is 0.305 e. The lowest BCUT2D eigenvalue weighted by molar-refractivity contribution is -0.137. The van der Waals surface area contributed by atoms with Crippen molar-refractivity contribution in [1.29, 1.82) is 5.26 Å². The monoisotopic (exact) mass is 271 g/mol. The summed E-state index contributed by atoms with van der Waals surface area (Å²) < 4.78 is 0. The first-order valence-corrected chi connectivity index (χ1v) is 7.42. The first-order valence-electron chi connectivity index (χ1n) is 7.42. The number of carboxylic acids is 1. The SMILES string of the molecule is N#CC(CC(=O)O)c1ccc(C2CCCCCC2)cc1. The molecular weight excluding hydrogens is 250 g/mol. The molecule has 0 aromatic heterocycles. The Balaban J connectivity index is 2.08. The second-order valence-corrected chi connectivity index (χ2v) is 5.63. The normalized spacial score (nSPS) is 17.9. The van der Waals surface area contributed by atoms with Crippen LogP contribution < -0.4 is 0 Å². The molecule has 1 aromatic rings. The van der Waals surface area contributed by atoms with Gasteiger partial charge in [-0.15, -0.1) is 0 Å². The van der Waals surface area contributed by atoms with Gasteiger partial charge in [-0.2, -0.15) is 5.26 Å². The van der Waals surface area contributed by atoms with Crippen molar-refractivity contribution in [2.75, 3.05) is 0 Å². The third-order valence-electron chi connectivity index (χ3n) is 4.20. The average molecular weight is 271 g/mol. The second kappa shape index (κ2) is 7.09. The molecule has 20 heavy (non-hydrogen) atoms. The highest BCUT2D eigenvalue weighted by atomic mass is 16.4. The largest absolute Gasteiger partial charge is 0.481 e. The standard InChI is InChI=1S/C17H21NO2/c18-12-16(11-17(19)20)15-9-7-14(8-10-15)13-5-3-1-2-4-6-13/h7-10,13,16H,1-6,11H2,(H,19,20). The highest BCUT2D eigenvalue weighted by Crippen LogP contribution is 2.32. The van der Waals surface area contributed by atoms with Crippen molar-refractivity contribution >= 4 is 5.97 Å². The topological polar surface area (TPSA) is 61.1 Å². The summed E-state index contributed by atoms with van der Waals surface area (Å²) in [4.78, 5) is 10.7. The van der Waals surface area contributed by atoms with Gasteiger partial charge in [0.2, 0.25) is 0 Å². The van der Waals surface area contributed by atoms with Crippen LogP contribution in [-0.4, -0.2) is 11.1 Å². The molecule has 1 N–H and O–H groups in total. The summed E-state index contributed by atoms with van der Waals surface area (Å²) in [5, 5.41) is 17.9. The average Bonchev–Trinajstić information content (AvgIpc) is 2.74. The van der Waals surface area contributed by atoms with E-state index in [4.69, 9.17) is 10.4 Å². The fourth-order valence-corrected chi connectivity index (χ4v) is 3.03. The molecule has 1 aliphatic rings. The van der Waals surface area contributed by atoms with Crippen LogP contribution in [0.2, 0.25) is 0 Å². The number of benzene rings is 1. The molecule has 1 atom stereocenters. The minimum Gasteiger partial charge on any atom is -0.481 e. The van der Waals surface area contributed by atoms with Gasteiger partial charge >= 0.3 is 5.97 Å². The molecule has 1 aromatic carbocycles. The molecule has 1 saturated carbocycles. The maximum absolute atomic E-state index is 10.7. The Bertz CT molecular complexity index is 479. The van der Waals surface area contributed by atoms with Crippen LogP contribution in [0.4, 0.5) is 0 Å². The Morgan fingerprint density at radius 1 is 1.20 bits per heavy atom. The molecule has 1 fully saturated rings. The first kappa shape index (κ1) is 14.6. The zero-order valence-corrected chi connectivity index (χ0v) is 11.7. The summed E-state index contributed by atoms with van der Waals surface area (Å²) in [5.41, 5.74) is 2.15. The predicted octanol–water partition coefficient (Wildman–Crippen LogP) is 4.21. The smallest absolute Gasteiger partial charge is 0.305 e. The predicted molar refractivity (Wildman–Crippen MR) is 77.5 cm³/mol. The number of nitrogens with zero attached hydrogens (tertiary/aromatic N) is 1. The molecule has 0 amide bonds. The van der Waals surface area contributed by atoms with Crippen LogP contribution in [0.5, 0.6) is 0 Å². The molecule has 0 radical (unpaired) electrons. The summed E-state index contributed by atoms with van der Waals surface area (Å²) in [6, 6.07) is 10.1. The lowest BCUT2D eigenvalue weighted by Gasteiger charge is -2.15. The van der Waals surface area contributed by atoms with Crippen molar-refractivity contribution in [2.24, 2.45) is 0 Å². The highest BCUT2D eigenvalue weighted by Gasteiger charge is 2.17. The Labute approximate surface area is 120 Å². The van der Waals surface area contributed by atoms with Gasteiger partial charge in [0, 0.05) is 0 Å². The van der Waals surface area contributed by atoms with Crippen molar-refractivity contribution in [1.82, 2.24) is 0 Å². The van der Waals surface area contributed by atoms with Gasteiger partial charge in [-0.25, -0.2) is 0 Å². The maximum atomic E-state index is 10.7. The molecule has 0 bridgehead atoms. The van der Waals surface area contributed by atoms with E-state index in [0.717, 1.165) is 5.56 Å². The molecule has 0 saturated heterocycles. The van der Waals surface area contributed by atoms with Gasteiger partial charge < -0.3 is 5.11 Å². The van der Waals surface area contributed by atoms with Gasteiger partial charge in [-0.1, -0.05) is 49.9 Å². The summed E-state index contributed by atoms with van der Waals surface area (Å²) in [5.74, 6) is -0.841. The van der Waals surface area contributed by atoms with Crippen LogP contribution in [0.25, 0.3) is 0 Å². The minimum absolute atomic E-state index is 0.126. The number of carbonyl (C=O) groups is 1. The molecule has 3 nitrogen and oxygen atoms in total. The van der Waals surface area contributed by atoms with Gasteiger partial charge in [-0.05, 0) is 29.9 Å². The van der Waals surface area contributed by atoms with E-state index >= 15 is 0 Å². The Kier molecular flexibility index (Phi) is 5.17. The van der Waals surface area contributed by atoms with Gasteiger partial charge in [0.15, 0.2) is 0 Å². The fourth-order valence-electron chi connectivity index (χ4n) is 3.03. The summed E-state index contributed by atoms with van der Waals surface area (Å²) in [7, 11) is 0. The van der Waals surface area contributed by atoms with Gasteiger partial charge in [0.05, 0.1) is 18.4 Å². The summed E-state index contributed by atoms with van der Waals surface area (Å²) >= 11 is 0. The van der Waals surface area contributed by atoms with E-state index in [9.17, 15) is 4.79 Å². The third-order valence-corrected chi connectivity index (χ3v) is 4.20. The van der Waals surface area contributed by atoms with E-state index in [1.165, 1.54) is 44.1 Å². The van der Waals surface area contributed by atoms with E-state index in [1.54, 1.807) is 0 Å². The summed E-state index contributed by atoms with van der Waals surface area (Å²) in [6.45, 7) is 0. The lowest BCUT2D eigenvalue weighted by Crippen LogP contribution is -2.05. The van der Waals surface area contributed by atoms with Crippen molar-refractivity contribution in [2.45, 2.75) is 56.8 Å². The van der Waals surface area contributed by atoms with Crippen molar-refractivity contribution in [3.63, 3.8) is 0 Å². The Hall–Kier alpha value is -1.82. The van der Waals surface area contributed by atoms with Gasteiger partial charge in [-0.3, -0.25) is 4.79 Å². The molecule has 1 unspecified atom stereocenters. The molecular formula is C17H21NO2. The number of aliphatic carboxylic acids is 1. The van der Waals surface area contributed by atoms with Crippen molar-refractivity contribution < 1.29 is 9.90 Å². The molecule has 0 spiro atoms. The van der Waals surface area contributed by atoms with E-state index in [0.29, 0.717) is 5.92 Å². The Morgan fingerprint density at radius 3 is 2.30 bits per heavy atom. The van der Waals surface area contributed by atoms with E-state index in [-0.39, 0.29) is 6.42 Å². The Morgan fingerprint density at radius 2 is 1.80 bits per heavy atom. The molecule has 106 valence electrons. The van der Waals surface area contributed by atoms with E-state index in [1.807, 2.05) is 12.1 Å². The molecule has 0 aliphatic heterocycles. The summed E-state index contributed by atoms with van der Waals surface area (Å²) in [6.07, 6.45) is 7.64. The van der Waals surface area contributed by atoms with Gasteiger partial charge in [0.25, 0.3) is 0 Å². The van der Waals surface area contributed by atoms with Crippen LogP contribution in [0, 0.1) is 11.3 Å². The first-order chi connectivity index (χ1) is 9.70. The number of rotatable bonds is 4. The molecule has 3 heteroatoms. The zero-order chi connectivity index (χ0) is 14.4. The molecule has 0 heterocycles. The van der Waals surface area contributed by atoms with Crippen LogP contribution in [0.1, 0.15) is 67.9 Å².